The molecule has 0 unspecified atom stereocenters. The van der Waals surface area contributed by atoms with Crippen LogP contribution in [0.5, 0.6) is 0 Å². The van der Waals surface area contributed by atoms with Crippen molar-refractivity contribution in [2.24, 2.45) is 0 Å². The Morgan fingerprint density at radius 2 is 1.26 bits per heavy atom. The van der Waals surface area contributed by atoms with Gasteiger partial charge in [0.25, 0.3) is 0 Å². The van der Waals surface area contributed by atoms with Crippen LogP contribution in [-0.2, 0) is 16.2 Å². The van der Waals surface area contributed by atoms with Crippen LogP contribution >= 0.6 is 7.92 Å². The SMILES string of the molecule is CC[C@H]1C[P@]1c1c(C(C)(C)C)cc(C(C)(C)C)cc1C(C)(C)C. The van der Waals surface area contributed by atoms with Crippen molar-refractivity contribution < 1.29 is 0 Å². The Morgan fingerprint density at radius 3 is 1.52 bits per heavy atom. The molecule has 0 bridgehead atoms. The van der Waals surface area contributed by atoms with E-state index in [-0.39, 0.29) is 24.2 Å². The van der Waals surface area contributed by atoms with Crippen molar-refractivity contribution in [1.29, 1.82) is 0 Å². The van der Waals surface area contributed by atoms with Crippen molar-refractivity contribution in [3.05, 3.63) is 28.8 Å². The Bertz CT molecular complexity index is 540. The highest BCUT2D eigenvalue weighted by molar-refractivity contribution is 7.73. The highest BCUT2D eigenvalue weighted by atomic mass is 31.1. The molecule has 0 nitrogen and oxygen atoms in total. The van der Waals surface area contributed by atoms with Gasteiger partial charge in [-0.15, -0.1) is 0 Å². The summed E-state index contributed by atoms with van der Waals surface area (Å²) >= 11 is 0. The fourth-order valence-corrected chi connectivity index (χ4v) is 6.59. The van der Waals surface area contributed by atoms with Gasteiger partial charge in [-0.25, -0.2) is 0 Å². The minimum atomic E-state index is 0.0725. The second kappa shape index (κ2) is 5.87. The van der Waals surface area contributed by atoms with E-state index in [0.717, 1.165) is 5.66 Å². The molecule has 1 saturated heterocycles. The molecule has 0 amide bonds. The maximum atomic E-state index is 2.54. The number of hydrogen-bond acceptors (Lipinski definition) is 0. The van der Waals surface area contributed by atoms with Crippen LogP contribution in [0.1, 0.15) is 92.3 Å². The highest BCUT2D eigenvalue weighted by Crippen LogP contribution is 2.61. The summed E-state index contributed by atoms with van der Waals surface area (Å²) in [5.41, 5.74) is 6.36. The van der Waals surface area contributed by atoms with E-state index in [0.29, 0.717) is 0 Å². The van der Waals surface area contributed by atoms with Gasteiger partial charge in [0.2, 0.25) is 0 Å². The molecule has 2 atom stereocenters. The van der Waals surface area contributed by atoms with Gasteiger partial charge in [0.1, 0.15) is 0 Å². The van der Waals surface area contributed by atoms with Crippen LogP contribution < -0.4 is 5.30 Å². The summed E-state index contributed by atoms with van der Waals surface area (Å²) in [6.45, 7) is 23.8. The molecule has 0 saturated carbocycles. The van der Waals surface area contributed by atoms with Crippen molar-refractivity contribution in [3.63, 3.8) is 0 Å². The molecule has 0 aromatic heterocycles. The van der Waals surface area contributed by atoms with E-state index in [1.165, 1.54) is 18.1 Å². The normalized spacial score (nSPS) is 22.3. The summed E-state index contributed by atoms with van der Waals surface area (Å²) in [5, 5.41) is 1.75. The van der Waals surface area contributed by atoms with Crippen LogP contribution in [0.15, 0.2) is 12.1 Å². The van der Waals surface area contributed by atoms with Gasteiger partial charge in [-0.05, 0) is 56.5 Å². The molecule has 0 spiro atoms. The molecular weight excluding hydrogens is 295 g/mol. The van der Waals surface area contributed by atoms with E-state index < -0.39 is 0 Å². The second-order valence-corrected chi connectivity index (χ2v) is 12.9. The van der Waals surface area contributed by atoms with Gasteiger partial charge in [0.05, 0.1) is 0 Å². The summed E-state index contributed by atoms with van der Waals surface area (Å²) in [4.78, 5) is 0. The average molecular weight is 333 g/mol. The Balaban J connectivity index is 2.76. The molecule has 1 aliphatic rings. The van der Waals surface area contributed by atoms with Crippen molar-refractivity contribution in [3.8, 4) is 0 Å². The smallest absolute Gasteiger partial charge is 0.0125 e. The predicted octanol–water partition coefficient (Wildman–Crippen LogP) is 6.48. The number of hydrogen-bond donors (Lipinski definition) is 0. The Labute approximate surface area is 146 Å². The third kappa shape index (κ3) is 4.01. The first-order valence-electron chi connectivity index (χ1n) is 9.23. The third-order valence-corrected chi connectivity index (χ3v) is 7.92. The lowest BCUT2D eigenvalue weighted by atomic mass is 9.75. The zero-order chi connectivity index (χ0) is 17.8. The molecule has 2 rings (SSSR count). The van der Waals surface area contributed by atoms with E-state index in [1.807, 2.05) is 0 Å². The van der Waals surface area contributed by atoms with E-state index in [2.05, 4.69) is 81.4 Å². The van der Waals surface area contributed by atoms with Gasteiger partial charge in [-0.1, -0.05) is 89.3 Å². The summed E-state index contributed by atoms with van der Waals surface area (Å²) in [6, 6.07) is 5.08. The Kier molecular flexibility index (Phi) is 4.85. The molecule has 0 N–H and O–H groups in total. The van der Waals surface area contributed by atoms with Crippen LogP contribution in [-0.4, -0.2) is 11.8 Å². The van der Waals surface area contributed by atoms with Gasteiger partial charge < -0.3 is 0 Å². The standard InChI is InChI=1S/C22H37P/c1-11-16-14-23(16)19-17(21(5,6)7)12-15(20(2,3)4)13-18(19)22(8,9)10/h12-13,16H,11,14H2,1-10H3/t16-,23-/m0/s1. The fraction of sp³-hybridized carbons (Fsp3) is 0.727. The number of rotatable bonds is 2. The van der Waals surface area contributed by atoms with E-state index in [9.17, 15) is 0 Å². The first kappa shape index (κ1) is 19.0. The molecule has 1 aliphatic heterocycles. The van der Waals surface area contributed by atoms with Crippen LogP contribution in [0.4, 0.5) is 0 Å². The molecule has 23 heavy (non-hydrogen) atoms. The van der Waals surface area contributed by atoms with Gasteiger partial charge in [0, 0.05) is 0 Å². The summed E-state index contributed by atoms with van der Waals surface area (Å²) in [6.07, 6.45) is 2.80. The van der Waals surface area contributed by atoms with Crippen LogP contribution in [0, 0.1) is 0 Å². The first-order valence-corrected chi connectivity index (χ1v) is 10.8. The fourth-order valence-electron chi connectivity index (χ4n) is 3.32. The largest absolute Gasteiger partial charge is 0.0705 e. The zero-order valence-electron chi connectivity index (χ0n) is 17.1. The number of benzene rings is 1. The lowest BCUT2D eigenvalue weighted by molar-refractivity contribution is 0.553. The maximum Gasteiger partial charge on any atom is -0.0125 e. The highest BCUT2D eigenvalue weighted by Gasteiger charge is 2.42. The molecule has 1 aromatic carbocycles. The van der Waals surface area contributed by atoms with E-state index >= 15 is 0 Å². The van der Waals surface area contributed by atoms with Gasteiger partial charge in [0.15, 0.2) is 0 Å². The van der Waals surface area contributed by atoms with Crippen molar-refractivity contribution >= 4 is 13.2 Å². The molecule has 1 heterocycles. The Morgan fingerprint density at radius 1 is 0.826 bits per heavy atom. The predicted molar refractivity (Wildman–Crippen MR) is 108 cm³/mol. The second-order valence-electron chi connectivity index (χ2n) is 10.4. The van der Waals surface area contributed by atoms with Crippen LogP contribution in [0.3, 0.4) is 0 Å². The van der Waals surface area contributed by atoms with E-state index in [4.69, 9.17) is 0 Å². The summed E-state index contributed by atoms with van der Waals surface area (Å²) < 4.78 is 0. The average Bonchev–Trinajstić information content (AvgIpc) is 3.13. The monoisotopic (exact) mass is 332 g/mol. The van der Waals surface area contributed by atoms with Crippen LogP contribution in [0.25, 0.3) is 0 Å². The minimum Gasteiger partial charge on any atom is -0.0705 e. The van der Waals surface area contributed by atoms with E-state index in [1.54, 1.807) is 16.4 Å². The van der Waals surface area contributed by atoms with Gasteiger partial charge in [-0.3, -0.25) is 0 Å². The zero-order valence-corrected chi connectivity index (χ0v) is 18.0. The van der Waals surface area contributed by atoms with Gasteiger partial charge >= 0.3 is 0 Å². The quantitative estimate of drug-likeness (QED) is 0.544. The molecular formula is C22H37P. The molecule has 1 heteroatoms. The van der Waals surface area contributed by atoms with Crippen molar-refractivity contribution in [1.82, 2.24) is 0 Å². The van der Waals surface area contributed by atoms with Crippen molar-refractivity contribution in [2.75, 3.05) is 6.16 Å². The summed E-state index contributed by atoms with van der Waals surface area (Å²) in [7, 11) is 0.0725. The lowest BCUT2D eigenvalue weighted by Crippen LogP contribution is -2.30. The maximum absolute atomic E-state index is 2.54. The lowest BCUT2D eigenvalue weighted by Gasteiger charge is -2.34. The molecule has 130 valence electrons. The van der Waals surface area contributed by atoms with Crippen LogP contribution in [0.2, 0.25) is 0 Å². The summed E-state index contributed by atoms with van der Waals surface area (Å²) in [5.74, 6) is 0. The first-order chi connectivity index (χ1) is 10.3. The molecule has 0 aliphatic carbocycles. The minimum absolute atomic E-state index is 0.0725. The third-order valence-electron chi connectivity index (χ3n) is 5.07. The molecule has 0 radical (unpaired) electrons. The Hall–Kier alpha value is -0.350. The topological polar surface area (TPSA) is 0 Å². The molecule has 1 aromatic rings. The molecule has 1 fully saturated rings. The van der Waals surface area contributed by atoms with Gasteiger partial charge in [-0.2, -0.15) is 0 Å². The van der Waals surface area contributed by atoms with Crippen molar-refractivity contribution in [2.45, 2.75) is 97.6 Å².